The smallest absolute Gasteiger partial charge is 0.355 e. The Bertz CT molecular complexity index is 456. The second-order valence-corrected chi connectivity index (χ2v) is 3.33. The van der Waals surface area contributed by atoms with E-state index >= 15 is 0 Å². The molecule has 0 spiro atoms. The van der Waals surface area contributed by atoms with E-state index in [2.05, 4.69) is 9.97 Å². The van der Waals surface area contributed by atoms with E-state index in [0.29, 0.717) is 25.0 Å². The van der Waals surface area contributed by atoms with Crippen LogP contribution in [0.4, 0.5) is 5.95 Å². The molecule has 0 unspecified atom stereocenters. The van der Waals surface area contributed by atoms with Crippen LogP contribution in [0.15, 0.2) is 0 Å². The van der Waals surface area contributed by atoms with Crippen molar-refractivity contribution in [2.24, 2.45) is 0 Å². The van der Waals surface area contributed by atoms with Crippen LogP contribution in [0, 0.1) is 0 Å². The molecule has 1 aliphatic carbocycles. The first-order valence-corrected chi connectivity index (χ1v) is 4.52. The first kappa shape index (κ1) is 9.57. The molecule has 1 aromatic heterocycles. The van der Waals surface area contributed by atoms with Crippen molar-refractivity contribution in [1.82, 2.24) is 9.97 Å². The van der Waals surface area contributed by atoms with Gasteiger partial charge in [0.25, 0.3) is 0 Å². The Balaban J connectivity index is 2.69. The van der Waals surface area contributed by atoms with Crippen LogP contribution in [-0.4, -0.2) is 26.8 Å². The molecule has 0 saturated carbocycles. The maximum atomic E-state index is 11.5. The number of nitrogen functional groups attached to an aromatic ring is 1. The zero-order chi connectivity index (χ0) is 11.0. The SMILES string of the molecule is Nc1nc2c(c(C(=O)O)n1)C(=O)CCC2. The van der Waals surface area contributed by atoms with Gasteiger partial charge in [0.1, 0.15) is 0 Å². The van der Waals surface area contributed by atoms with Gasteiger partial charge in [0.15, 0.2) is 11.5 Å². The Morgan fingerprint density at radius 2 is 2.07 bits per heavy atom. The molecule has 6 heteroatoms. The van der Waals surface area contributed by atoms with Gasteiger partial charge in [-0.05, 0) is 12.8 Å². The van der Waals surface area contributed by atoms with Gasteiger partial charge in [0.2, 0.25) is 5.95 Å². The summed E-state index contributed by atoms with van der Waals surface area (Å²) in [6.07, 6.45) is 1.61. The molecule has 0 aromatic carbocycles. The zero-order valence-electron chi connectivity index (χ0n) is 7.86. The average molecular weight is 207 g/mol. The van der Waals surface area contributed by atoms with Crippen molar-refractivity contribution in [2.45, 2.75) is 19.3 Å². The fraction of sp³-hybridized carbons (Fsp3) is 0.333. The predicted octanol–water partition coefficient (Wildman–Crippen LogP) is 0.276. The van der Waals surface area contributed by atoms with Crippen molar-refractivity contribution in [1.29, 1.82) is 0 Å². The summed E-state index contributed by atoms with van der Waals surface area (Å²) in [4.78, 5) is 29.9. The van der Waals surface area contributed by atoms with Gasteiger partial charge in [-0.1, -0.05) is 0 Å². The van der Waals surface area contributed by atoms with Crippen LogP contribution in [-0.2, 0) is 6.42 Å². The first-order chi connectivity index (χ1) is 7.09. The van der Waals surface area contributed by atoms with Crippen LogP contribution in [0.25, 0.3) is 0 Å². The van der Waals surface area contributed by atoms with Crippen molar-refractivity contribution >= 4 is 17.7 Å². The summed E-state index contributed by atoms with van der Waals surface area (Å²) in [7, 11) is 0. The fourth-order valence-corrected chi connectivity index (χ4v) is 1.70. The fourth-order valence-electron chi connectivity index (χ4n) is 1.70. The van der Waals surface area contributed by atoms with Gasteiger partial charge in [-0.15, -0.1) is 0 Å². The highest BCUT2D eigenvalue weighted by Crippen LogP contribution is 2.22. The molecule has 1 aliphatic rings. The van der Waals surface area contributed by atoms with E-state index in [0.717, 1.165) is 0 Å². The summed E-state index contributed by atoms with van der Waals surface area (Å²) in [5.74, 6) is -1.55. The Labute approximate surface area is 85.1 Å². The van der Waals surface area contributed by atoms with E-state index in [1.54, 1.807) is 0 Å². The summed E-state index contributed by atoms with van der Waals surface area (Å²) in [5.41, 5.74) is 5.68. The Morgan fingerprint density at radius 3 is 2.73 bits per heavy atom. The number of hydrogen-bond acceptors (Lipinski definition) is 5. The lowest BCUT2D eigenvalue weighted by Crippen LogP contribution is -2.21. The molecule has 0 aliphatic heterocycles. The molecule has 0 atom stereocenters. The lowest BCUT2D eigenvalue weighted by atomic mass is 9.93. The minimum Gasteiger partial charge on any atom is -0.476 e. The number of carbonyl (C=O) groups excluding carboxylic acids is 1. The molecule has 1 aromatic rings. The van der Waals surface area contributed by atoms with Crippen LogP contribution in [0.2, 0.25) is 0 Å². The molecule has 3 N–H and O–H groups in total. The highest BCUT2D eigenvalue weighted by atomic mass is 16.4. The van der Waals surface area contributed by atoms with Crippen LogP contribution in [0.1, 0.15) is 39.4 Å². The highest BCUT2D eigenvalue weighted by Gasteiger charge is 2.26. The van der Waals surface area contributed by atoms with Gasteiger partial charge >= 0.3 is 5.97 Å². The second kappa shape index (κ2) is 3.30. The number of carboxylic acid groups (broad SMARTS) is 1. The van der Waals surface area contributed by atoms with Crippen molar-refractivity contribution in [3.05, 3.63) is 17.0 Å². The zero-order valence-corrected chi connectivity index (χ0v) is 7.86. The summed E-state index contributed by atoms with van der Waals surface area (Å²) in [5, 5.41) is 8.88. The maximum absolute atomic E-state index is 11.5. The number of nitrogens with zero attached hydrogens (tertiary/aromatic N) is 2. The van der Waals surface area contributed by atoms with E-state index in [1.165, 1.54) is 0 Å². The van der Waals surface area contributed by atoms with E-state index in [-0.39, 0.29) is 23.0 Å². The summed E-state index contributed by atoms with van der Waals surface area (Å²) in [6, 6.07) is 0. The Kier molecular flexibility index (Phi) is 2.11. The van der Waals surface area contributed by atoms with E-state index in [1.807, 2.05) is 0 Å². The predicted molar refractivity (Wildman–Crippen MR) is 50.7 cm³/mol. The minimum atomic E-state index is -1.24. The van der Waals surface area contributed by atoms with Crippen molar-refractivity contribution in [2.75, 3.05) is 5.73 Å². The van der Waals surface area contributed by atoms with E-state index < -0.39 is 5.97 Å². The maximum Gasteiger partial charge on any atom is 0.355 e. The molecule has 6 nitrogen and oxygen atoms in total. The third-order valence-electron chi connectivity index (χ3n) is 2.30. The Morgan fingerprint density at radius 1 is 1.33 bits per heavy atom. The molecule has 2 rings (SSSR count). The number of aromatic nitrogens is 2. The number of nitrogens with two attached hydrogens (primary N) is 1. The normalized spacial score (nSPS) is 14.8. The topological polar surface area (TPSA) is 106 Å². The molecular formula is C9H9N3O3. The molecule has 0 bridgehead atoms. The number of aromatic carboxylic acids is 1. The lowest BCUT2D eigenvalue weighted by Gasteiger charge is -2.15. The third kappa shape index (κ3) is 1.54. The summed E-state index contributed by atoms with van der Waals surface area (Å²) in [6.45, 7) is 0. The molecule has 0 amide bonds. The average Bonchev–Trinajstić information content (AvgIpc) is 2.16. The van der Waals surface area contributed by atoms with Gasteiger partial charge in [-0.2, -0.15) is 0 Å². The van der Waals surface area contributed by atoms with Gasteiger partial charge in [0, 0.05) is 6.42 Å². The van der Waals surface area contributed by atoms with Crippen molar-refractivity contribution in [3.8, 4) is 0 Å². The second-order valence-electron chi connectivity index (χ2n) is 3.33. The van der Waals surface area contributed by atoms with Crippen LogP contribution < -0.4 is 5.73 Å². The monoisotopic (exact) mass is 207 g/mol. The number of aryl methyl sites for hydroxylation is 1. The quantitative estimate of drug-likeness (QED) is 0.684. The number of Topliss-reactive ketones (excluding diaryl/α,β-unsaturated/α-hetero) is 1. The molecule has 0 radical (unpaired) electrons. The number of hydrogen-bond donors (Lipinski definition) is 2. The first-order valence-electron chi connectivity index (χ1n) is 4.52. The number of carboxylic acids is 1. The molecule has 78 valence electrons. The van der Waals surface area contributed by atoms with E-state index in [9.17, 15) is 9.59 Å². The van der Waals surface area contributed by atoms with Gasteiger partial charge in [-0.25, -0.2) is 14.8 Å². The van der Waals surface area contributed by atoms with Crippen molar-refractivity contribution in [3.63, 3.8) is 0 Å². The van der Waals surface area contributed by atoms with Crippen LogP contribution in [0.5, 0.6) is 0 Å². The highest BCUT2D eigenvalue weighted by molar-refractivity contribution is 6.06. The molecular weight excluding hydrogens is 198 g/mol. The third-order valence-corrected chi connectivity index (χ3v) is 2.30. The molecule has 0 fully saturated rings. The molecule has 15 heavy (non-hydrogen) atoms. The van der Waals surface area contributed by atoms with E-state index in [4.69, 9.17) is 10.8 Å². The number of anilines is 1. The van der Waals surface area contributed by atoms with Crippen molar-refractivity contribution < 1.29 is 14.7 Å². The number of carbonyl (C=O) groups is 2. The minimum absolute atomic E-state index is 0.0964. The summed E-state index contributed by atoms with van der Waals surface area (Å²) < 4.78 is 0. The van der Waals surface area contributed by atoms with Crippen LogP contribution >= 0.6 is 0 Å². The molecule has 0 saturated heterocycles. The number of ketones is 1. The van der Waals surface area contributed by atoms with Crippen LogP contribution in [0.3, 0.4) is 0 Å². The number of rotatable bonds is 1. The van der Waals surface area contributed by atoms with Gasteiger partial charge < -0.3 is 10.8 Å². The summed E-state index contributed by atoms with van der Waals surface area (Å²) >= 11 is 0. The molecule has 1 heterocycles. The van der Waals surface area contributed by atoms with Gasteiger partial charge in [-0.3, -0.25) is 4.79 Å². The standard InChI is InChI=1S/C9H9N3O3/c10-9-11-4-2-1-3-5(13)6(4)7(12-9)8(14)15/h1-3H2,(H,14,15)(H2,10,11,12). The Hall–Kier alpha value is -1.98. The van der Waals surface area contributed by atoms with Gasteiger partial charge in [0.05, 0.1) is 11.3 Å². The number of fused-ring (bicyclic) bond motifs is 1. The largest absolute Gasteiger partial charge is 0.476 e. The lowest BCUT2D eigenvalue weighted by molar-refractivity contribution is 0.0684.